The van der Waals surface area contributed by atoms with Gasteiger partial charge in [-0.25, -0.2) is 4.98 Å². The summed E-state index contributed by atoms with van der Waals surface area (Å²) in [5.41, 5.74) is 1.80. The van der Waals surface area contributed by atoms with E-state index in [1.54, 1.807) is 43.5 Å². The fraction of sp³-hybridized carbons (Fsp3) is 0.571. The zero-order valence-corrected chi connectivity index (χ0v) is 23.4. The van der Waals surface area contributed by atoms with Crippen LogP contribution in [-0.2, 0) is 9.53 Å². The molecule has 3 aliphatic heterocycles. The zero-order valence-electron chi connectivity index (χ0n) is 23.4. The Morgan fingerprint density at radius 3 is 2.87 bits per heavy atom. The number of nitrogens with zero attached hydrogens (tertiary/aromatic N) is 5. The van der Waals surface area contributed by atoms with Crippen LogP contribution in [-0.4, -0.2) is 91.3 Å². The summed E-state index contributed by atoms with van der Waals surface area (Å²) < 4.78 is 11.6. The molecule has 1 aromatic heterocycles. The van der Waals surface area contributed by atoms with Gasteiger partial charge in [-0.3, -0.25) is 14.5 Å². The van der Waals surface area contributed by atoms with Crippen LogP contribution in [0.3, 0.4) is 0 Å². The molecule has 2 aromatic rings. The van der Waals surface area contributed by atoms with Gasteiger partial charge in [-0.05, 0) is 57.9 Å². The van der Waals surface area contributed by atoms with Crippen molar-refractivity contribution in [3.05, 3.63) is 30.0 Å². The number of rotatable bonds is 8. The zero-order chi connectivity index (χ0) is 27.7. The Morgan fingerprint density at radius 2 is 2.13 bits per heavy atom. The maximum Gasteiger partial charge on any atom is 0.251 e. The number of carbonyl (C=O) groups excluding carboxylic acids is 2. The highest BCUT2D eigenvalue weighted by molar-refractivity contribution is 6.04. The summed E-state index contributed by atoms with van der Waals surface area (Å²) >= 11 is 0. The number of hydrogen-bond acceptors (Lipinski definition) is 9. The van der Waals surface area contributed by atoms with Crippen molar-refractivity contribution in [2.75, 3.05) is 55.5 Å². The monoisotopic (exact) mass is 537 g/mol. The van der Waals surface area contributed by atoms with E-state index in [-0.39, 0.29) is 30.0 Å². The minimum absolute atomic E-state index is 0.000609. The van der Waals surface area contributed by atoms with Gasteiger partial charge in [0.1, 0.15) is 17.5 Å². The molecule has 0 aliphatic carbocycles. The number of ether oxygens (including phenoxy) is 2. The molecule has 11 heteroatoms. The number of likely N-dealkylation sites (N-methyl/N-ethyl adjacent to an activating group) is 1. The van der Waals surface area contributed by atoms with Gasteiger partial charge in [0.25, 0.3) is 5.91 Å². The second-order valence-corrected chi connectivity index (χ2v) is 10.7. The van der Waals surface area contributed by atoms with Crippen molar-refractivity contribution >= 4 is 35.0 Å². The van der Waals surface area contributed by atoms with E-state index in [0.717, 1.165) is 19.7 Å². The largest absolute Gasteiger partial charge is 0.495 e. The average molecular weight is 538 g/mol. The number of morpholine rings is 1. The van der Waals surface area contributed by atoms with Crippen LogP contribution in [0.15, 0.2) is 24.4 Å². The Labute approximate surface area is 229 Å². The van der Waals surface area contributed by atoms with Gasteiger partial charge in [0, 0.05) is 37.8 Å². The van der Waals surface area contributed by atoms with Crippen molar-refractivity contribution in [2.24, 2.45) is 0 Å². The first-order chi connectivity index (χ1) is 18.8. The summed E-state index contributed by atoms with van der Waals surface area (Å²) in [7, 11) is 3.32. The van der Waals surface area contributed by atoms with Crippen molar-refractivity contribution in [3.63, 3.8) is 0 Å². The van der Waals surface area contributed by atoms with Crippen molar-refractivity contribution in [1.29, 1.82) is 0 Å². The van der Waals surface area contributed by atoms with E-state index in [9.17, 15) is 9.59 Å². The predicted octanol–water partition coefficient (Wildman–Crippen LogP) is 2.79. The van der Waals surface area contributed by atoms with E-state index >= 15 is 0 Å². The first-order valence-electron chi connectivity index (χ1n) is 13.8. The van der Waals surface area contributed by atoms with Gasteiger partial charge in [-0.1, -0.05) is 6.92 Å². The summed E-state index contributed by atoms with van der Waals surface area (Å²) in [5.74, 6) is 1.44. The molecular formula is C28H39N7O4. The summed E-state index contributed by atoms with van der Waals surface area (Å²) in [6.07, 6.45) is 4.75. The lowest BCUT2D eigenvalue weighted by molar-refractivity contribution is -0.120. The number of methoxy groups -OCH3 is 1. The molecule has 0 bridgehead atoms. The van der Waals surface area contributed by atoms with Crippen LogP contribution in [0.4, 0.5) is 23.1 Å². The number of hydrogen-bond donors (Lipinski definition) is 2. The number of carbonyl (C=O) groups is 2. The second kappa shape index (κ2) is 11.4. The first kappa shape index (κ1) is 27.1. The van der Waals surface area contributed by atoms with Gasteiger partial charge >= 0.3 is 0 Å². The molecule has 0 saturated carbocycles. The van der Waals surface area contributed by atoms with Gasteiger partial charge in [0.2, 0.25) is 11.9 Å². The maximum atomic E-state index is 12.9. The molecular weight excluding hydrogens is 498 g/mol. The third-order valence-corrected chi connectivity index (χ3v) is 7.91. The molecule has 0 unspecified atom stereocenters. The van der Waals surface area contributed by atoms with Crippen LogP contribution in [0.5, 0.6) is 5.75 Å². The van der Waals surface area contributed by atoms with Gasteiger partial charge in [-0.15, -0.1) is 0 Å². The molecule has 3 aliphatic rings. The summed E-state index contributed by atoms with van der Waals surface area (Å²) in [6, 6.07) is 5.56. The van der Waals surface area contributed by atoms with Crippen LogP contribution >= 0.6 is 0 Å². The smallest absolute Gasteiger partial charge is 0.251 e. The van der Waals surface area contributed by atoms with E-state index in [1.165, 1.54) is 12.8 Å². The van der Waals surface area contributed by atoms with E-state index in [0.29, 0.717) is 53.5 Å². The standard InChI is InChI=1S/C28H39N7O4/c1-6-22-27(37)33(4)23-14-30-28(32-25(23)35(22)17(2)3)31-21-10-9-18(12-24(21)38-5)26(36)29-13-20-15-34-11-7-8-19(34)16-39-20/h9-10,12,14,17,19-20,22H,6-8,11,13,15-16H2,1-5H3,(H,29,36)(H,30,31,32)/t19-,20+,22+/m0/s1. The van der Waals surface area contributed by atoms with E-state index in [2.05, 4.69) is 39.3 Å². The number of benzene rings is 1. The molecule has 4 heterocycles. The Hall–Kier alpha value is -3.44. The summed E-state index contributed by atoms with van der Waals surface area (Å²) in [5, 5.41) is 6.24. The molecule has 2 amide bonds. The molecule has 2 saturated heterocycles. The van der Waals surface area contributed by atoms with Crippen LogP contribution < -0.4 is 25.2 Å². The van der Waals surface area contributed by atoms with Crippen LogP contribution in [0.2, 0.25) is 0 Å². The highest BCUT2D eigenvalue weighted by Gasteiger charge is 2.38. The van der Waals surface area contributed by atoms with Crippen molar-refractivity contribution < 1.29 is 19.1 Å². The van der Waals surface area contributed by atoms with Crippen LogP contribution in [0.25, 0.3) is 0 Å². The van der Waals surface area contributed by atoms with Crippen molar-refractivity contribution in [2.45, 2.75) is 64.3 Å². The normalized spacial score (nSPS) is 23.0. The Balaban J connectivity index is 1.29. The second-order valence-electron chi connectivity index (χ2n) is 10.7. The number of nitrogens with one attached hydrogen (secondary N) is 2. The maximum absolute atomic E-state index is 12.9. The van der Waals surface area contributed by atoms with Gasteiger partial charge < -0.3 is 29.9 Å². The molecule has 39 heavy (non-hydrogen) atoms. The summed E-state index contributed by atoms with van der Waals surface area (Å²) in [4.78, 5) is 41.2. The average Bonchev–Trinajstić information content (AvgIpc) is 3.41. The molecule has 11 nitrogen and oxygen atoms in total. The highest BCUT2D eigenvalue weighted by Crippen LogP contribution is 2.37. The number of anilines is 4. The van der Waals surface area contributed by atoms with Crippen molar-refractivity contribution in [3.8, 4) is 5.75 Å². The Morgan fingerprint density at radius 1 is 1.31 bits per heavy atom. The van der Waals surface area contributed by atoms with Crippen LogP contribution in [0.1, 0.15) is 50.4 Å². The Kier molecular flexibility index (Phi) is 7.90. The molecule has 210 valence electrons. The molecule has 3 atom stereocenters. The lowest BCUT2D eigenvalue weighted by Crippen LogP contribution is -2.54. The number of fused-ring (bicyclic) bond motifs is 2. The first-order valence-corrected chi connectivity index (χ1v) is 13.8. The molecule has 5 rings (SSSR count). The quantitative estimate of drug-likeness (QED) is 0.525. The fourth-order valence-corrected chi connectivity index (χ4v) is 5.81. The minimum Gasteiger partial charge on any atom is -0.495 e. The van der Waals surface area contributed by atoms with Crippen molar-refractivity contribution in [1.82, 2.24) is 20.2 Å². The number of aromatic nitrogens is 2. The molecule has 0 radical (unpaired) electrons. The number of amides is 2. The molecule has 2 fully saturated rings. The van der Waals surface area contributed by atoms with Gasteiger partial charge in [0.15, 0.2) is 5.82 Å². The molecule has 2 N–H and O–H groups in total. The van der Waals surface area contributed by atoms with E-state index in [4.69, 9.17) is 14.5 Å². The molecule has 0 spiro atoms. The topological polar surface area (TPSA) is 112 Å². The van der Waals surface area contributed by atoms with E-state index in [1.807, 2.05) is 6.92 Å². The Bertz CT molecular complexity index is 1220. The molecule has 1 aromatic carbocycles. The minimum atomic E-state index is -0.284. The lowest BCUT2D eigenvalue weighted by Gasteiger charge is -2.42. The third-order valence-electron chi connectivity index (χ3n) is 7.91. The fourth-order valence-electron chi connectivity index (χ4n) is 5.81. The van der Waals surface area contributed by atoms with E-state index < -0.39 is 0 Å². The lowest BCUT2D eigenvalue weighted by atomic mass is 10.1. The van der Waals surface area contributed by atoms with Gasteiger partial charge in [-0.2, -0.15) is 4.98 Å². The van der Waals surface area contributed by atoms with Crippen LogP contribution in [0, 0.1) is 0 Å². The highest BCUT2D eigenvalue weighted by atomic mass is 16.5. The SMILES string of the molecule is CC[C@@H]1C(=O)N(C)c2cnc(Nc3ccc(C(=O)NC[C@@H]4CN5CCC[C@H]5CO4)cc3OC)nc2N1C(C)C. The van der Waals surface area contributed by atoms with Gasteiger partial charge in [0.05, 0.1) is 31.7 Å². The summed E-state index contributed by atoms with van der Waals surface area (Å²) in [6.45, 7) is 9.28. The third kappa shape index (κ3) is 5.38. The predicted molar refractivity (Wildman–Crippen MR) is 150 cm³/mol.